The van der Waals surface area contributed by atoms with Gasteiger partial charge in [-0.3, -0.25) is 0 Å². The van der Waals surface area contributed by atoms with E-state index in [0.717, 1.165) is 17.7 Å². The summed E-state index contributed by atoms with van der Waals surface area (Å²) in [6, 6.07) is 4.46. The molecule has 2 atom stereocenters. The number of carbonyl (C=O) groups excluding carboxylic acids is 1. The fourth-order valence-electron chi connectivity index (χ4n) is 2.14. The monoisotopic (exact) mass is 308 g/mol. The van der Waals surface area contributed by atoms with Crippen molar-refractivity contribution in [3.05, 3.63) is 41.2 Å². The van der Waals surface area contributed by atoms with Gasteiger partial charge in [-0.25, -0.2) is 9.18 Å². The lowest BCUT2D eigenvalue weighted by Gasteiger charge is -2.18. The second-order valence-corrected chi connectivity index (χ2v) is 5.04. The molecule has 0 radical (unpaired) electrons. The van der Waals surface area contributed by atoms with Crippen LogP contribution in [0.3, 0.4) is 0 Å². The first-order chi connectivity index (χ1) is 10.6. The summed E-state index contributed by atoms with van der Waals surface area (Å²) in [4.78, 5) is 11.4. The summed E-state index contributed by atoms with van der Waals surface area (Å²) in [5, 5.41) is 0. The van der Waals surface area contributed by atoms with Crippen LogP contribution in [-0.4, -0.2) is 31.9 Å². The number of ether oxygens (including phenoxy) is 3. The van der Waals surface area contributed by atoms with Crippen molar-refractivity contribution in [1.82, 2.24) is 0 Å². The van der Waals surface area contributed by atoms with Gasteiger partial charge in [-0.1, -0.05) is 13.0 Å². The zero-order valence-corrected chi connectivity index (χ0v) is 12.9. The van der Waals surface area contributed by atoms with Crippen molar-refractivity contribution in [2.45, 2.75) is 32.5 Å². The number of halogens is 1. The Kier molecular flexibility index (Phi) is 6.10. The molecule has 4 nitrogen and oxygen atoms in total. The maximum absolute atomic E-state index is 13.6. The molecule has 0 spiro atoms. The third-order valence-corrected chi connectivity index (χ3v) is 3.34. The van der Waals surface area contributed by atoms with Crippen molar-refractivity contribution >= 4 is 12.0 Å². The first-order valence-corrected chi connectivity index (χ1v) is 7.51. The predicted molar refractivity (Wildman–Crippen MR) is 80.8 cm³/mol. The summed E-state index contributed by atoms with van der Waals surface area (Å²) in [6.07, 6.45) is 3.60. The van der Waals surface area contributed by atoms with E-state index in [1.54, 1.807) is 19.1 Å². The van der Waals surface area contributed by atoms with E-state index in [-0.39, 0.29) is 18.0 Å². The fourth-order valence-corrected chi connectivity index (χ4v) is 2.14. The maximum atomic E-state index is 13.6. The van der Waals surface area contributed by atoms with Crippen LogP contribution in [0.4, 0.5) is 4.39 Å². The van der Waals surface area contributed by atoms with Gasteiger partial charge in [0.25, 0.3) is 0 Å². The molecule has 1 fully saturated rings. The Bertz CT molecular complexity index is 537. The quantitative estimate of drug-likeness (QED) is 0.420. The summed E-state index contributed by atoms with van der Waals surface area (Å²) in [5.74, 6) is -0.744. The number of hydrogen-bond donors (Lipinski definition) is 0. The van der Waals surface area contributed by atoms with Crippen molar-refractivity contribution in [1.29, 1.82) is 0 Å². The second-order valence-electron chi connectivity index (χ2n) is 5.04. The molecule has 1 aromatic carbocycles. The lowest BCUT2D eigenvalue weighted by molar-refractivity contribution is -0.137. The molecule has 0 unspecified atom stereocenters. The first-order valence-electron chi connectivity index (χ1n) is 7.51. The molecule has 0 N–H and O–H groups in total. The van der Waals surface area contributed by atoms with Crippen LogP contribution in [0, 0.1) is 5.82 Å². The van der Waals surface area contributed by atoms with Gasteiger partial charge in [0.15, 0.2) is 0 Å². The Labute approximate surface area is 129 Å². The van der Waals surface area contributed by atoms with Crippen LogP contribution < -0.4 is 0 Å². The highest BCUT2D eigenvalue weighted by atomic mass is 19.1. The van der Waals surface area contributed by atoms with Crippen molar-refractivity contribution < 1.29 is 23.4 Å². The molecular formula is C17H21FO4. The average molecular weight is 308 g/mol. The molecule has 1 aliphatic rings. The normalized spacial score (nSPS) is 18.4. The molecule has 0 aliphatic carbocycles. The largest absolute Gasteiger partial charge is 0.463 e. The molecule has 0 amide bonds. The molecule has 1 aromatic rings. The van der Waals surface area contributed by atoms with Gasteiger partial charge in [-0.15, -0.1) is 0 Å². The Morgan fingerprint density at radius 3 is 2.91 bits per heavy atom. The Morgan fingerprint density at radius 2 is 2.27 bits per heavy atom. The van der Waals surface area contributed by atoms with Crippen molar-refractivity contribution in [2.24, 2.45) is 0 Å². The number of esters is 1. The standard InChI is InChI=1S/C17H21FO4/c1-3-16(22-11-14-10-21-14)15-9-13(18)7-5-12(15)6-8-17(19)20-4-2/h5-9,14,16H,3-4,10-11H2,1-2H3/t14-,16-/m1/s1. The van der Waals surface area contributed by atoms with Gasteiger partial charge in [-0.05, 0) is 42.7 Å². The lowest BCUT2D eigenvalue weighted by Crippen LogP contribution is -2.10. The molecular weight excluding hydrogens is 287 g/mol. The summed E-state index contributed by atoms with van der Waals surface area (Å²) in [6.45, 7) is 5.25. The van der Waals surface area contributed by atoms with Crippen molar-refractivity contribution in [3.63, 3.8) is 0 Å². The number of carbonyl (C=O) groups is 1. The molecule has 22 heavy (non-hydrogen) atoms. The summed E-state index contributed by atoms with van der Waals surface area (Å²) in [7, 11) is 0. The summed E-state index contributed by atoms with van der Waals surface area (Å²) < 4.78 is 29.4. The lowest BCUT2D eigenvalue weighted by atomic mass is 9.99. The second kappa shape index (κ2) is 8.06. The molecule has 5 heteroatoms. The van der Waals surface area contributed by atoms with Crippen LogP contribution in [-0.2, 0) is 19.0 Å². The van der Waals surface area contributed by atoms with Crippen LogP contribution in [0.15, 0.2) is 24.3 Å². The van der Waals surface area contributed by atoms with Gasteiger partial charge in [0.05, 0.1) is 25.9 Å². The molecule has 0 saturated carbocycles. The van der Waals surface area contributed by atoms with Gasteiger partial charge in [0, 0.05) is 6.08 Å². The minimum atomic E-state index is -0.418. The van der Waals surface area contributed by atoms with E-state index in [9.17, 15) is 9.18 Å². The Morgan fingerprint density at radius 1 is 1.50 bits per heavy atom. The highest BCUT2D eigenvalue weighted by Crippen LogP contribution is 2.28. The fraction of sp³-hybridized carbons (Fsp3) is 0.471. The smallest absolute Gasteiger partial charge is 0.330 e. The topological polar surface area (TPSA) is 48.1 Å². The minimum Gasteiger partial charge on any atom is -0.463 e. The van der Waals surface area contributed by atoms with Crippen molar-refractivity contribution in [3.8, 4) is 0 Å². The molecule has 2 rings (SSSR count). The number of rotatable bonds is 8. The number of epoxide rings is 1. The van der Waals surface area contributed by atoms with Crippen LogP contribution >= 0.6 is 0 Å². The van der Waals surface area contributed by atoms with E-state index < -0.39 is 5.97 Å². The maximum Gasteiger partial charge on any atom is 0.330 e. The predicted octanol–water partition coefficient (Wildman–Crippen LogP) is 3.27. The van der Waals surface area contributed by atoms with E-state index in [1.165, 1.54) is 18.2 Å². The van der Waals surface area contributed by atoms with Crippen molar-refractivity contribution in [2.75, 3.05) is 19.8 Å². The van der Waals surface area contributed by atoms with E-state index in [4.69, 9.17) is 14.2 Å². The Balaban J connectivity index is 2.15. The van der Waals surface area contributed by atoms with Gasteiger partial charge in [0.1, 0.15) is 11.9 Å². The van der Waals surface area contributed by atoms with Crippen LogP contribution in [0.2, 0.25) is 0 Å². The highest BCUT2D eigenvalue weighted by Gasteiger charge is 2.25. The third-order valence-electron chi connectivity index (χ3n) is 3.34. The van der Waals surface area contributed by atoms with Gasteiger partial charge >= 0.3 is 5.97 Å². The molecule has 1 heterocycles. The summed E-state index contributed by atoms with van der Waals surface area (Å²) >= 11 is 0. The zero-order chi connectivity index (χ0) is 15.9. The van der Waals surface area contributed by atoms with E-state index >= 15 is 0 Å². The molecule has 0 aromatic heterocycles. The SMILES string of the molecule is CCOC(=O)C=Cc1ccc(F)cc1[C@@H](CC)OC[C@H]1CO1. The third kappa shape index (κ3) is 4.93. The van der Waals surface area contributed by atoms with Gasteiger partial charge in [-0.2, -0.15) is 0 Å². The minimum absolute atomic E-state index is 0.154. The molecule has 120 valence electrons. The molecule has 0 bridgehead atoms. The number of hydrogen-bond acceptors (Lipinski definition) is 4. The zero-order valence-electron chi connectivity index (χ0n) is 12.9. The molecule has 1 aliphatic heterocycles. The van der Waals surface area contributed by atoms with Crippen LogP contribution in [0.25, 0.3) is 6.08 Å². The van der Waals surface area contributed by atoms with Crippen LogP contribution in [0.5, 0.6) is 0 Å². The highest BCUT2D eigenvalue weighted by molar-refractivity contribution is 5.87. The first kappa shape index (κ1) is 16.6. The molecule has 1 saturated heterocycles. The average Bonchev–Trinajstić information content (AvgIpc) is 3.31. The Hall–Kier alpha value is -1.72. The van der Waals surface area contributed by atoms with E-state index in [2.05, 4.69) is 0 Å². The van der Waals surface area contributed by atoms with E-state index in [1.807, 2.05) is 6.92 Å². The summed E-state index contributed by atoms with van der Waals surface area (Å²) in [5.41, 5.74) is 1.47. The van der Waals surface area contributed by atoms with E-state index in [0.29, 0.717) is 19.6 Å². The van der Waals surface area contributed by atoms with Gasteiger partial charge in [0.2, 0.25) is 0 Å². The van der Waals surface area contributed by atoms with Gasteiger partial charge < -0.3 is 14.2 Å². The number of benzene rings is 1. The van der Waals surface area contributed by atoms with Crippen LogP contribution in [0.1, 0.15) is 37.5 Å².